The van der Waals surface area contributed by atoms with Crippen LogP contribution in [-0.4, -0.2) is 36.4 Å². The van der Waals surface area contributed by atoms with E-state index >= 15 is 0 Å². The first-order valence-electron chi connectivity index (χ1n) is 4.69. The highest BCUT2D eigenvalue weighted by atomic mass is 32.2. The number of aromatic nitrogens is 1. The average molecular weight is 263 g/mol. The summed E-state index contributed by atoms with van der Waals surface area (Å²) < 4.78 is 36.6. The summed E-state index contributed by atoms with van der Waals surface area (Å²) in [6.45, 7) is 1.43. The molecule has 2 N–H and O–H groups in total. The van der Waals surface area contributed by atoms with Crippen LogP contribution in [-0.2, 0) is 21.4 Å². The Kier molecular flexibility index (Phi) is 3.91. The Bertz CT molecular complexity index is 574. The van der Waals surface area contributed by atoms with Crippen LogP contribution in [0.15, 0.2) is 15.8 Å². The number of hydrogen-bond donors (Lipinski definition) is 2. The third-order valence-electron chi connectivity index (χ3n) is 2.20. The van der Waals surface area contributed by atoms with E-state index in [1.165, 1.54) is 14.0 Å². The van der Waals surface area contributed by atoms with Gasteiger partial charge in [0, 0.05) is 13.2 Å². The fraction of sp³-hybridized carbons (Fsp3) is 0.444. The quantitative estimate of drug-likeness (QED) is 0.726. The molecule has 1 aromatic heterocycles. The molecule has 0 saturated heterocycles. The summed E-state index contributed by atoms with van der Waals surface area (Å²) in [6.07, 6.45) is 0. The van der Waals surface area contributed by atoms with Gasteiger partial charge in [-0.3, -0.25) is 13.9 Å². The standard InChI is InChI=1S/C9H13NO6S/c1-6-5-7(11)10(3-4-16-2)9(12)8(6)17(13,14)15/h5,11H,3-4H2,1-2H3,(H,13,14,15). The van der Waals surface area contributed by atoms with Crippen molar-refractivity contribution >= 4 is 10.1 Å². The van der Waals surface area contributed by atoms with Crippen LogP contribution < -0.4 is 5.56 Å². The number of hydrogen-bond acceptors (Lipinski definition) is 5. The Labute approximate surface area is 98.0 Å². The molecular formula is C9H13NO6S. The van der Waals surface area contributed by atoms with Crippen molar-refractivity contribution in [2.45, 2.75) is 18.4 Å². The first-order valence-corrected chi connectivity index (χ1v) is 6.13. The van der Waals surface area contributed by atoms with Gasteiger partial charge in [0.05, 0.1) is 13.2 Å². The zero-order valence-electron chi connectivity index (χ0n) is 9.37. The van der Waals surface area contributed by atoms with E-state index in [9.17, 15) is 18.3 Å². The number of ether oxygens (including phenoxy) is 1. The molecule has 1 heterocycles. The Morgan fingerprint density at radius 2 is 2.06 bits per heavy atom. The van der Waals surface area contributed by atoms with Crippen molar-refractivity contribution in [1.82, 2.24) is 4.57 Å². The van der Waals surface area contributed by atoms with Gasteiger partial charge in [-0.2, -0.15) is 8.42 Å². The molecule has 0 radical (unpaired) electrons. The first-order chi connectivity index (χ1) is 7.79. The maximum absolute atomic E-state index is 11.8. The van der Waals surface area contributed by atoms with Crippen molar-refractivity contribution in [2.24, 2.45) is 0 Å². The summed E-state index contributed by atoms with van der Waals surface area (Å²) in [4.78, 5) is 11.0. The second kappa shape index (κ2) is 4.86. The van der Waals surface area contributed by atoms with Gasteiger partial charge in [-0.1, -0.05) is 0 Å². The Balaban J connectivity index is 3.50. The van der Waals surface area contributed by atoms with E-state index in [0.717, 1.165) is 10.6 Å². The van der Waals surface area contributed by atoms with Crippen LogP contribution in [0.4, 0.5) is 0 Å². The van der Waals surface area contributed by atoms with E-state index in [4.69, 9.17) is 9.29 Å². The molecule has 1 rings (SSSR count). The number of aryl methyl sites for hydroxylation is 1. The topological polar surface area (TPSA) is 106 Å². The number of pyridine rings is 1. The summed E-state index contributed by atoms with van der Waals surface area (Å²) in [6, 6.07) is 1.10. The molecule has 17 heavy (non-hydrogen) atoms. The van der Waals surface area contributed by atoms with Crippen LogP contribution >= 0.6 is 0 Å². The molecule has 8 heteroatoms. The highest BCUT2D eigenvalue weighted by Gasteiger charge is 2.21. The first kappa shape index (κ1) is 13.7. The number of rotatable bonds is 4. The van der Waals surface area contributed by atoms with Crippen molar-refractivity contribution in [1.29, 1.82) is 0 Å². The molecule has 7 nitrogen and oxygen atoms in total. The molecule has 96 valence electrons. The smallest absolute Gasteiger partial charge is 0.300 e. The second-order valence-corrected chi connectivity index (χ2v) is 4.80. The van der Waals surface area contributed by atoms with Crippen molar-refractivity contribution in [3.05, 3.63) is 22.0 Å². The average Bonchev–Trinajstić information content (AvgIpc) is 2.14. The molecule has 0 spiro atoms. The molecular weight excluding hydrogens is 250 g/mol. The summed E-state index contributed by atoms with van der Waals surface area (Å²) in [5.41, 5.74) is -0.981. The van der Waals surface area contributed by atoms with Gasteiger partial charge >= 0.3 is 0 Å². The van der Waals surface area contributed by atoms with E-state index in [1.807, 2.05) is 0 Å². The lowest BCUT2D eigenvalue weighted by Gasteiger charge is -2.11. The minimum absolute atomic E-state index is 0.00995. The Morgan fingerprint density at radius 3 is 2.53 bits per heavy atom. The number of methoxy groups -OCH3 is 1. The lowest BCUT2D eigenvalue weighted by atomic mass is 10.3. The highest BCUT2D eigenvalue weighted by Crippen LogP contribution is 2.15. The Hall–Kier alpha value is -1.38. The molecule has 0 aliphatic rings. The summed E-state index contributed by atoms with van der Waals surface area (Å²) in [5, 5.41) is 9.52. The van der Waals surface area contributed by atoms with E-state index in [-0.39, 0.29) is 24.6 Å². The Morgan fingerprint density at radius 1 is 1.47 bits per heavy atom. The van der Waals surface area contributed by atoms with Gasteiger partial charge in [-0.15, -0.1) is 0 Å². The number of aromatic hydroxyl groups is 1. The molecule has 0 aliphatic carbocycles. The van der Waals surface area contributed by atoms with E-state index in [1.54, 1.807) is 0 Å². The molecule has 0 bridgehead atoms. The molecule has 0 saturated carbocycles. The summed E-state index contributed by atoms with van der Waals surface area (Å²) in [7, 11) is -3.21. The lowest BCUT2D eigenvalue weighted by molar-refractivity contribution is 0.182. The van der Waals surface area contributed by atoms with Gasteiger partial charge in [-0.05, 0) is 12.5 Å². The monoisotopic (exact) mass is 263 g/mol. The SMILES string of the molecule is COCCn1c(O)cc(C)c(S(=O)(=O)O)c1=O. The second-order valence-electron chi connectivity index (χ2n) is 3.44. The van der Waals surface area contributed by atoms with Gasteiger partial charge < -0.3 is 9.84 Å². The van der Waals surface area contributed by atoms with Gasteiger partial charge in [0.2, 0.25) is 0 Å². The van der Waals surface area contributed by atoms with Crippen molar-refractivity contribution in [2.75, 3.05) is 13.7 Å². The van der Waals surface area contributed by atoms with E-state index in [0.29, 0.717) is 0 Å². The van der Waals surface area contributed by atoms with E-state index < -0.39 is 20.6 Å². The molecule has 0 amide bonds. The zero-order valence-corrected chi connectivity index (χ0v) is 10.2. The molecule has 0 aromatic carbocycles. The van der Waals surface area contributed by atoms with Crippen molar-refractivity contribution in [3.63, 3.8) is 0 Å². The minimum Gasteiger partial charge on any atom is -0.494 e. The highest BCUT2D eigenvalue weighted by molar-refractivity contribution is 7.85. The lowest BCUT2D eigenvalue weighted by Crippen LogP contribution is -2.28. The van der Waals surface area contributed by atoms with Crippen LogP contribution in [0, 0.1) is 6.92 Å². The molecule has 0 fully saturated rings. The number of nitrogens with zero attached hydrogens (tertiary/aromatic N) is 1. The zero-order chi connectivity index (χ0) is 13.2. The van der Waals surface area contributed by atoms with Gasteiger partial charge in [-0.25, -0.2) is 0 Å². The maximum Gasteiger partial charge on any atom is 0.300 e. The molecule has 0 atom stereocenters. The third kappa shape index (κ3) is 2.84. The minimum atomic E-state index is -4.61. The van der Waals surface area contributed by atoms with Crippen LogP contribution in [0.5, 0.6) is 5.88 Å². The van der Waals surface area contributed by atoms with Crippen LogP contribution in [0.25, 0.3) is 0 Å². The van der Waals surface area contributed by atoms with Gasteiger partial charge in [0.15, 0.2) is 10.8 Å². The van der Waals surface area contributed by atoms with Gasteiger partial charge in [0.25, 0.3) is 15.7 Å². The molecule has 0 aliphatic heterocycles. The molecule has 0 unspecified atom stereocenters. The molecule has 1 aromatic rings. The summed E-state index contributed by atoms with van der Waals surface area (Å²) in [5.74, 6) is -0.378. The van der Waals surface area contributed by atoms with Gasteiger partial charge in [0.1, 0.15) is 0 Å². The fourth-order valence-electron chi connectivity index (χ4n) is 1.44. The third-order valence-corrected chi connectivity index (χ3v) is 3.21. The maximum atomic E-state index is 11.8. The van der Waals surface area contributed by atoms with Crippen molar-refractivity contribution < 1.29 is 22.8 Å². The van der Waals surface area contributed by atoms with Crippen molar-refractivity contribution in [3.8, 4) is 5.88 Å². The largest absolute Gasteiger partial charge is 0.494 e. The normalized spacial score (nSPS) is 11.7. The predicted molar refractivity (Wildman–Crippen MR) is 58.8 cm³/mol. The fourth-order valence-corrected chi connectivity index (χ4v) is 2.24. The summed E-state index contributed by atoms with van der Waals surface area (Å²) >= 11 is 0. The van der Waals surface area contributed by atoms with Crippen LogP contribution in [0.2, 0.25) is 0 Å². The van der Waals surface area contributed by atoms with E-state index in [2.05, 4.69) is 0 Å². The van der Waals surface area contributed by atoms with Crippen LogP contribution in [0.1, 0.15) is 5.56 Å². The van der Waals surface area contributed by atoms with Crippen LogP contribution in [0.3, 0.4) is 0 Å². The predicted octanol–water partition coefficient (Wildman–Crippen LogP) is -0.245.